The lowest BCUT2D eigenvalue weighted by atomic mass is 10.2. The molecular weight excluding hydrogens is 296 g/mol. The maximum atomic E-state index is 12.0. The average Bonchev–Trinajstić information content (AvgIpc) is 2.95. The summed E-state index contributed by atoms with van der Waals surface area (Å²) in [6, 6.07) is 9.83. The lowest BCUT2D eigenvalue weighted by Gasteiger charge is -2.01. The number of nitrogens with one attached hydrogen (secondary N) is 1. The van der Waals surface area contributed by atoms with Crippen LogP contribution in [0.25, 0.3) is 27.9 Å². The fourth-order valence-corrected chi connectivity index (χ4v) is 2.48. The van der Waals surface area contributed by atoms with Crippen LogP contribution in [-0.4, -0.2) is 9.55 Å². The van der Waals surface area contributed by atoms with Gasteiger partial charge in [0.2, 0.25) is 0 Å². The summed E-state index contributed by atoms with van der Waals surface area (Å²) < 4.78 is 11.5. The van der Waals surface area contributed by atoms with E-state index >= 15 is 0 Å². The average molecular weight is 303 g/mol. The quantitative estimate of drug-likeness (QED) is 0.586. The van der Waals surface area contributed by atoms with Gasteiger partial charge in [-0.25, -0.2) is 14.2 Å². The van der Waals surface area contributed by atoms with Gasteiger partial charge in [0.15, 0.2) is 11.2 Å². The van der Waals surface area contributed by atoms with E-state index in [0.717, 1.165) is 0 Å². The highest BCUT2D eigenvalue weighted by atomic mass is 35.5. The summed E-state index contributed by atoms with van der Waals surface area (Å²) in [5, 5.41) is 0.495. The normalized spacial score (nSPS) is 11.5. The molecule has 0 fully saturated rings. The topological polar surface area (TPSA) is 81.1 Å². The monoisotopic (exact) mass is 302 g/mol. The standard InChI is InChI=1S/C14H7ClN2O4/c15-7-1-3-12-10(5-7)17(14(19)21-12)8-2-4-11-9(6-8)16-13(18)20-11/h1-6H,(H,16,18). The van der Waals surface area contributed by atoms with E-state index in [4.69, 9.17) is 20.4 Å². The Morgan fingerprint density at radius 1 is 1.00 bits per heavy atom. The maximum Gasteiger partial charge on any atom is 0.424 e. The fourth-order valence-electron chi connectivity index (χ4n) is 2.31. The van der Waals surface area contributed by atoms with Crippen LogP contribution in [0.3, 0.4) is 0 Å². The van der Waals surface area contributed by atoms with Crippen LogP contribution in [0.15, 0.2) is 54.8 Å². The van der Waals surface area contributed by atoms with Crippen LogP contribution in [0.5, 0.6) is 0 Å². The molecule has 0 radical (unpaired) electrons. The predicted octanol–water partition coefficient (Wildman–Crippen LogP) is 2.67. The molecule has 0 amide bonds. The number of hydrogen-bond donors (Lipinski definition) is 1. The van der Waals surface area contributed by atoms with Gasteiger partial charge in [0.1, 0.15) is 0 Å². The summed E-state index contributed by atoms with van der Waals surface area (Å²) in [5.74, 6) is -1.08. The van der Waals surface area contributed by atoms with Gasteiger partial charge in [-0.3, -0.25) is 4.98 Å². The van der Waals surface area contributed by atoms with Gasteiger partial charge in [0.05, 0.1) is 16.7 Å². The largest absolute Gasteiger partial charge is 0.424 e. The molecule has 0 aliphatic heterocycles. The number of rotatable bonds is 1. The van der Waals surface area contributed by atoms with E-state index in [0.29, 0.717) is 32.9 Å². The number of nitrogens with zero attached hydrogens (tertiary/aromatic N) is 1. The smallest absolute Gasteiger partial charge is 0.408 e. The lowest BCUT2D eigenvalue weighted by Crippen LogP contribution is -2.11. The Morgan fingerprint density at radius 2 is 1.81 bits per heavy atom. The molecule has 104 valence electrons. The van der Waals surface area contributed by atoms with Crippen molar-refractivity contribution in [3.8, 4) is 5.69 Å². The van der Waals surface area contributed by atoms with E-state index in [-0.39, 0.29) is 0 Å². The summed E-state index contributed by atoms with van der Waals surface area (Å²) in [4.78, 5) is 25.8. The van der Waals surface area contributed by atoms with Crippen LogP contribution in [-0.2, 0) is 0 Å². The molecule has 4 aromatic rings. The molecular formula is C14H7ClN2O4. The van der Waals surface area contributed by atoms with Gasteiger partial charge >= 0.3 is 11.5 Å². The zero-order chi connectivity index (χ0) is 14.6. The van der Waals surface area contributed by atoms with Crippen LogP contribution in [0, 0.1) is 0 Å². The minimum Gasteiger partial charge on any atom is -0.408 e. The van der Waals surface area contributed by atoms with Gasteiger partial charge in [0.25, 0.3) is 0 Å². The second-order valence-corrected chi connectivity index (χ2v) is 4.95. The highest BCUT2D eigenvalue weighted by Crippen LogP contribution is 2.23. The zero-order valence-electron chi connectivity index (χ0n) is 10.4. The van der Waals surface area contributed by atoms with Gasteiger partial charge in [-0.05, 0) is 36.4 Å². The molecule has 4 rings (SSSR count). The Bertz CT molecular complexity index is 1100. The number of benzene rings is 2. The third-order valence-corrected chi connectivity index (χ3v) is 3.44. The van der Waals surface area contributed by atoms with E-state index in [9.17, 15) is 9.59 Å². The minimum absolute atomic E-state index is 0.419. The maximum absolute atomic E-state index is 12.0. The van der Waals surface area contributed by atoms with Crippen molar-refractivity contribution in [1.29, 1.82) is 0 Å². The molecule has 6 nitrogen and oxygen atoms in total. The fraction of sp³-hybridized carbons (Fsp3) is 0. The summed E-state index contributed by atoms with van der Waals surface area (Å²) in [6.45, 7) is 0. The number of fused-ring (bicyclic) bond motifs is 2. The second kappa shape index (κ2) is 4.13. The molecule has 0 spiro atoms. The summed E-state index contributed by atoms with van der Waals surface area (Å²) in [7, 11) is 0. The lowest BCUT2D eigenvalue weighted by molar-refractivity contribution is 0.540. The van der Waals surface area contributed by atoms with Crippen molar-refractivity contribution in [3.63, 3.8) is 0 Å². The third-order valence-electron chi connectivity index (χ3n) is 3.20. The molecule has 21 heavy (non-hydrogen) atoms. The van der Waals surface area contributed by atoms with Crippen LogP contribution in [0.4, 0.5) is 0 Å². The molecule has 0 bridgehead atoms. The molecule has 0 unspecified atom stereocenters. The van der Waals surface area contributed by atoms with Crippen molar-refractivity contribution in [1.82, 2.24) is 9.55 Å². The van der Waals surface area contributed by atoms with Crippen LogP contribution in [0.2, 0.25) is 5.02 Å². The van der Waals surface area contributed by atoms with E-state index in [1.54, 1.807) is 36.4 Å². The van der Waals surface area contributed by atoms with Gasteiger partial charge in [-0.15, -0.1) is 0 Å². The minimum atomic E-state index is -0.547. The van der Waals surface area contributed by atoms with Crippen molar-refractivity contribution in [2.45, 2.75) is 0 Å². The van der Waals surface area contributed by atoms with Crippen molar-refractivity contribution in [2.24, 2.45) is 0 Å². The molecule has 0 saturated heterocycles. The molecule has 0 aliphatic rings. The third kappa shape index (κ3) is 1.80. The van der Waals surface area contributed by atoms with Crippen molar-refractivity contribution >= 4 is 33.8 Å². The number of H-pyrrole nitrogens is 1. The molecule has 0 atom stereocenters. The first kappa shape index (κ1) is 12.0. The predicted molar refractivity (Wildman–Crippen MR) is 77.2 cm³/mol. The van der Waals surface area contributed by atoms with Gasteiger partial charge in [-0.1, -0.05) is 11.6 Å². The van der Waals surface area contributed by atoms with E-state index in [2.05, 4.69) is 4.98 Å². The Morgan fingerprint density at radius 3 is 2.67 bits per heavy atom. The van der Waals surface area contributed by atoms with Gasteiger partial charge in [-0.2, -0.15) is 0 Å². The van der Waals surface area contributed by atoms with Crippen molar-refractivity contribution in [3.05, 3.63) is 62.5 Å². The second-order valence-electron chi connectivity index (χ2n) is 4.51. The van der Waals surface area contributed by atoms with Gasteiger partial charge < -0.3 is 8.83 Å². The summed E-state index contributed by atoms with van der Waals surface area (Å²) >= 11 is 5.97. The number of aromatic amines is 1. The Balaban J connectivity index is 2.07. The molecule has 2 aromatic heterocycles. The zero-order valence-corrected chi connectivity index (χ0v) is 11.2. The number of oxazole rings is 2. The summed E-state index contributed by atoms with van der Waals surface area (Å²) in [5.41, 5.74) is 2.46. The first-order chi connectivity index (χ1) is 10.1. The SMILES string of the molecule is O=c1[nH]c2cc(-n3c(=O)oc4ccc(Cl)cc43)ccc2o1. The highest BCUT2D eigenvalue weighted by Gasteiger charge is 2.13. The molecule has 7 heteroatoms. The Labute approximate surface area is 121 Å². The molecule has 0 saturated carbocycles. The Kier molecular flexibility index (Phi) is 2.37. The number of hydrogen-bond acceptors (Lipinski definition) is 4. The van der Waals surface area contributed by atoms with Crippen LogP contribution >= 0.6 is 11.6 Å². The molecule has 1 N–H and O–H groups in total. The van der Waals surface area contributed by atoms with Crippen molar-refractivity contribution < 1.29 is 8.83 Å². The molecule has 2 heterocycles. The first-order valence-electron chi connectivity index (χ1n) is 6.06. The first-order valence-corrected chi connectivity index (χ1v) is 6.44. The van der Waals surface area contributed by atoms with E-state index in [1.165, 1.54) is 4.57 Å². The molecule has 0 aliphatic carbocycles. The van der Waals surface area contributed by atoms with E-state index in [1.807, 2.05) is 0 Å². The number of halogens is 1. The molecule has 2 aromatic carbocycles. The van der Waals surface area contributed by atoms with Crippen LogP contribution in [0.1, 0.15) is 0 Å². The summed E-state index contributed by atoms with van der Waals surface area (Å²) in [6.07, 6.45) is 0. The number of aromatic nitrogens is 2. The van der Waals surface area contributed by atoms with Crippen molar-refractivity contribution in [2.75, 3.05) is 0 Å². The highest BCUT2D eigenvalue weighted by molar-refractivity contribution is 6.31. The Hall–Kier alpha value is -2.73. The van der Waals surface area contributed by atoms with Gasteiger partial charge in [0, 0.05) is 5.02 Å². The van der Waals surface area contributed by atoms with Crippen LogP contribution < -0.4 is 11.5 Å². The van der Waals surface area contributed by atoms with E-state index < -0.39 is 11.5 Å².